The predicted molar refractivity (Wildman–Crippen MR) is 82.5 cm³/mol. The Bertz CT molecular complexity index is 789. The van der Waals surface area contributed by atoms with Crippen molar-refractivity contribution in [2.75, 3.05) is 6.54 Å². The van der Waals surface area contributed by atoms with Gasteiger partial charge in [0.25, 0.3) is 5.91 Å². The summed E-state index contributed by atoms with van der Waals surface area (Å²) in [5.41, 5.74) is 3.56. The van der Waals surface area contributed by atoms with E-state index in [0.29, 0.717) is 18.7 Å². The van der Waals surface area contributed by atoms with Crippen molar-refractivity contribution in [1.82, 2.24) is 29.9 Å². The van der Waals surface area contributed by atoms with Crippen molar-refractivity contribution in [3.63, 3.8) is 0 Å². The van der Waals surface area contributed by atoms with Crippen molar-refractivity contribution < 1.29 is 4.79 Å². The average molecular weight is 298 g/mol. The monoisotopic (exact) mass is 298 g/mol. The standard InChI is InChI=1S/C15H18N6O/c1-3-20-13-10-18-21(14(13)11(2)19-20)8-7-17-15(22)12-5-4-6-16-9-12/h4-6,9-10H,3,7-8H2,1-2H3,(H,17,22). The highest BCUT2D eigenvalue weighted by molar-refractivity contribution is 5.93. The van der Waals surface area contributed by atoms with Gasteiger partial charge in [-0.05, 0) is 26.0 Å². The minimum absolute atomic E-state index is 0.127. The molecule has 0 saturated heterocycles. The molecule has 7 nitrogen and oxygen atoms in total. The Morgan fingerprint density at radius 2 is 2.18 bits per heavy atom. The molecular formula is C15H18N6O. The summed E-state index contributed by atoms with van der Waals surface area (Å²) in [7, 11) is 0. The summed E-state index contributed by atoms with van der Waals surface area (Å²) < 4.78 is 3.82. The van der Waals surface area contributed by atoms with Crippen molar-refractivity contribution in [2.24, 2.45) is 0 Å². The molecule has 3 aromatic heterocycles. The van der Waals surface area contributed by atoms with Crippen LogP contribution >= 0.6 is 0 Å². The number of nitrogens with one attached hydrogen (secondary N) is 1. The molecule has 0 radical (unpaired) electrons. The predicted octanol–water partition coefficient (Wildman–Crippen LogP) is 1.39. The first-order chi connectivity index (χ1) is 10.7. The van der Waals surface area contributed by atoms with Gasteiger partial charge in [-0.15, -0.1) is 0 Å². The molecule has 0 atom stereocenters. The second kappa shape index (κ2) is 5.97. The fraction of sp³-hybridized carbons (Fsp3) is 0.333. The molecule has 7 heteroatoms. The van der Waals surface area contributed by atoms with Crippen LogP contribution in [0.1, 0.15) is 23.0 Å². The van der Waals surface area contributed by atoms with E-state index in [-0.39, 0.29) is 5.91 Å². The molecule has 0 fully saturated rings. The van der Waals surface area contributed by atoms with E-state index in [1.54, 1.807) is 24.5 Å². The lowest BCUT2D eigenvalue weighted by atomic mass is 10.3. The summed E-state index contributed by atoms with van der Waals surface area (Å²) in [5.74, 6) is -0.127. The number of nitrogens with zero attached hydrogens (tertiary/aromatic N) is 5. The van der Waals surface area contributed by atoms with Crippen LogP contribution in [-0.2, 0) is 13.1 Å². The van der Waals surface area contributed by atoms with E-state index in [9.17, 15) is 4.79 Å². The molecule has 1 N–H and O–H groups in total. The summed E-state index contributed by atoms with van der Waals surface area (Å²) >= 11 is 0. The van der Waals surface area contributed by atoms with Gasteiger partial charge in [0.15, 0.2) is 0 Å². The largest absolute Gasteiger partial charge is 0.350 e. The molecule has 0 saturated carbocycles. The van der Waals surface area contributed by atoms with Crippen LogP contribution in [0.2, 0.25) is 0 Å². The molecule has 3 heterocycles. The topological polar surface area (TPSA) is 77.6 Å². The molecule has 0 aromatic carbocycles. The summed E-state index contributed by atoms with van der Waals surface area (Å²) in [5, 5.41) is 11.7. The Morgan fingerprint density at radius 1 is 1.32 bits per heavy atom. The second-order valence-corrected chi connectivity index (χ2v) is 5.00. The molecule has 0 bridgehead atoms. The van der Waals surface area contributed by atoms with Crippen LogP contribution in [0.4, 0.5) is 0 Å². The Morgan fingerprint density at radius 3 is 2.91 bits per heavy atom. The minimum atomic E-state index is -0.127. The van der Waals surface area contributed by atoms with Gasteiger partial charge in [-0.25, -0.2) is 0 Å². The van der Waals surface area contributed by atoms with E-state index in [2.05, 4.69) is 27.4 Å². The highest BCUT2D eigenvalue weighted by atomic mass is 16.1. The van der Waals surface area contributed by atoms with Gasteiger partial charge in [-0.2, -0.15) is 10.2 Å². The van der Waals surface area contributed by atoms with Crippen molar-refractivity contribution >= 4 is 16.9 Å². The van der Waals surface area contributed by atoms with Gasteiger partial charge in [0.1, 0.15) is 11.0 Å². The molecule has 0 aliphatic heterocycles. The van der Waals surface area contributed by atoms with Crippen LogP contribution in [-0.4, -0.2) is 37.0 Å². The first kappa shape index (κ1) is 14.2. The number of hydrogen-bond donors (Lipinski definition) is 1. The van der Waals surface area contributed by atoms with E-state index in [1.165, 1.54) is 0 Å². The Balaban J connectivity index is 1.67. The lowest BCUT2D eigenvalue weighted by Gasteiger charge is -2.06. The first-order valence-corrected chi connectivity index (χ1v) is 7.28. The lowest BCUT2D eigenvalue weighted by Crippen LogP contribution is -2.27. The number of hydrogen-bond acceptors (Lipinski definition) is 4. The number of pyridine rings is 1. The summed E-state index contributed by atoms with van der Waals surface area (Å²) in [6.45, 7) is 5.94. The molecule has 0 aliphatic carbocycles. The molecule has 3 rings (SSSR count). The van der Waals surface area contributed by atoms with Crippen LogP contribution in [0, 0.1) is 6.92 Å². The number of aromatic nitrogens is 5. The van der Waals surface area contributed by atoms with Crippen LogP contribution < -0.4 is 5.32 Å². The third kappa shape index (κ3) is 2.57. The van der Waals surface area contributed by atoms with E-state index in [1.807, 2.05) is 22.5 Å². The van der Waals surface area contributed by atoms with E-state index < -0.39 is 0 Å². The maximum atomic E-state index is 12.0. The molecule has 0 unspecified atom stereocenters. The molecular weight excluding hydrogens is 280 g/mol. The van der Waals surface area contributed by atoms with Gasteiger partial charge >= 0.3 is 0 Å². The van der Waals surface area contributed by atoms with Gasteiger partial charge in [0.2, 0.25) is 0 Å². The quantitative estimate of drug-likeness (QED) is 0.772. The highest BCUT2D eigenvalue weighted by Gasteiger charge is 2.12. The van der Waals surface area contributed by atoms with Gasteiger partial charge in [0.05, 0.1) is 24.0 Å². The van der Waals surface area contributed by atoms with Gasteiger partial charge in [-0.3, -0.25) is 19.1 Å². The normalized spacial score (nSPS) is 11.0. The maximum Gasteiger partial charge on any atom is 0.252 e. The zero-order chi connectivity index (χ0) is 15.5. The lowest BCUT2D eigenvalue weighted by molar-refractivity contribution is 0.0951. The summed E-state index contributed by atoms with van der Waals surface area (Å²) in [4.78, 5) is 15.9. The van der Waals surface area contributed by atoms with Crippen molar-refractivity contribution in [3.8, 4) is 0 Å². The average Bonchev–Trinajstić information content (AvgIpc) is 3.10. The molecule has 0 aliphatic rings. The van der Waals surface area contributed by atoms with Crippen LogP contribution in [0.25, 0.3) is 11.0 Å². The van der Waals surface area contributed by atoms with Gasteiger partial charge < -0.3 is 5.32 Å². The van der Waals surface area contributed by atoms with Crippen LogP contribution in [0.3, 0.4) is 0 Å². The van der Waals surface area contributed by atoms with Gasteiger partial charge in [-0.1, -0.05) is 0 Å². The summed E-state index contributed by atoms with van der Waals surface area (Å²) in [6, 6.07) is 3.48. The second-order valence-electron chi connectivity index (χ2n) is 5.00. The first-order valence-electron chi connectivity index (χ1n) is 7.28. The fourth-order valence-electron chi connectivity index (χ4n) is 2.50. The Labute approximate surface area is 128 Å². The zero-order valence-electron chi connectivity index (χ0n) is 12.7. The number of fused-ring (bicyclic) bond motifs is 1. The number of aryl methyl sites for hydroxylation is 2. The molecule has 3 aromatic rings. The number of carbonyl (C=O) groups excluding carboxylic acids is 1. The highest BCUT2D eigenvalue weighted by Crippen LogP contribution is 2.17. The van der Waals surface area contributed by atoms with Crippen molar-refractivity contribution in [3.05, 3.63) is 42.0 Å². The summed E-state index contributed by atoms with van der Waals surface area (Å²) in [6.07, 6.45) is 5.02. The minimum Gasteiger partial charge on any atom is -0.350 e. The number of carbonyl (C=O) groups is 1. The number of amides is 1. The molecule has 0 spiro atoms. The third-order valence-electron chi connectivity index (χ3n) is 3.54. The van der Waals surface area contributed by atoms with Crippen LogP contribution in [0.15, 0.2) is 30.7 Å². The molecule has 114 valence electrons. The fourth-order valence-corrected chi connectivity index (χ4v) is 2.50. The SMILES string of the molecule is CCn1nc(C)c2c1cnn2CCNC(=O)c1cccnc1. The Hall–Kier alpha value is -2.70. The third-order valence-corrected chi connectivity index (χ3v) is 3.54. The van der Waals surface area contributed by atoms with Crippen LogP contribution in [0.5, 0.6) is 0 Å². The van der Waals surface area contributed by atoms with Crippen molar-refractivity contribution in [1.29, 1.82) is 0 Å². The zero-order valence-corrected chi connectivity index (χ0v) is 12.7. The van der Waals surface area contributed by atoms with E-state index >= 15 is 0 Å². The smallest absolute Gasteiger partial charge is 0.252 e. The Kier molecular flexibility index (Phi) is 3.86. The van der Waals surface area contributed by atoms with Gasteiger partial charge in [0, 0.05) is 25.5 Å². The van der Waals surface area contributed by atoms with Crippen molar-refractivity contribution in [2.45, 2.75) is 26.9 Å². The van der Waals surface area contributed by atoms with E-state index in [4.69, 9.17) is 0 Å². The molecule has 22 heavy (non-hydrogen) atoms. The number of rotatable bonds is 5. The van der Waals surface area contributed by atoms with E-state index in [0.717, 1.165) is 23.3 Å². The molecule has 1 amide bonds. The maximum absolute atomic E-state index is 12.0.